The van der Waals surface area contributed by atoms with Crippen LogP contribution in [0.2, 0.25) is 0 Å². The Hall–Kier alpha value is -1.32. The molecule has 12 heavy (non-hydrogen) atoms. The van der Waals surface area contributed by atoms with Crippen molar-refractivity contribution in [2.45, 2.75) is 20.3 Å². The van der Waals surface area contributed by atoms with E-state index in [9.17, 15) is 4.79 Å². The SMILES string of the molecule is CC(C)CC(=O)On1cccn1. The highest BCUT2D eigenvalue weighted by molar-refractivity contribution is 5.69. The van der Waals surface area contributed by atoms with Crippen LogP contribution >= 0.6 is 0 Å². The average molecular weight is 168 g/mol. The first-order chi connectivity index (χ1) is 5.68. The number of hydrogen-bond donors (Lipinski definition) is 0. The van der Waals surface area contributed by atoms with Gasteiger partial charge in [-0.3, -0.25) is 0 Å². The molecule has 66 valence electrons. The molecule has 0 amide bonds. The molecule has 0 N–H and O–H groups in total. The molecule has 1 aromatic heterocycles. The molecule has 0 radical (unpaired) electrons. The predicted molar refractivity (Wildman–Crippen MR) is 43.3 cm³/mol. The summed E-state index contributed by atoms with van der Waals surface area (Å²) in [4.78, 5) is 17.0. The molecular weight excluding hydrogens is 156 g/mol. The third-order valence-corrected chi connectivity index (χ3v) is 1.25. The Morgan fingerprint density at radius 3 is 2.92 bits per heavy atom. The highest BCUT2D eigenvalue weighted by Crippen LogP contribution is 1.98. The molecule has 0 aliphatic heterocycles. The van der Waals surface area contributed by atoms with Gasteiger partial charge < -0.3 is 4.84 Å². The van der Waals surface area contributed by atoms with Crippen LogP contribution in [0.5, 0.6) is 0 Å². The molecular formula is C8H12N2O2. The van der Waals surface area contributed by atoms with Crippen LogP contribution in [0.15, 0.2) is 18.5 Å². The highest BCUT2D eigenvalue weighted by Gasteiger charge is 2.06. The molecule has 0 aliphatic rings. The fraction of sp³-hybridized carbons (Fsp3) is 0.500. The van der Waals surface area contributed by atoms with Gasteiger partial charge >= 0.3 is 5.97 Å². The van der Waals surface area contributed by atoms with Crippen LogP contribution in [0.25, 0.3) is 0 Å². The first-order valence-corrected chi connectivity index (χ1v) is 3.89. The highest BCUT2D eigenvalue weighted by atomic mass is 16.7. The summed E-state index contributed by atoms with van der Waals surface area (Å²) in [6.07, 6.45) is 3.56. The van der Waals surface area contributed by atoms with Crippen molar-refractivity contribution in [1.29, 1.82) is 0 Å². The lowest BCUT2D eigenvalue weighted by atomic mass is 10.1. The van der Waals surface area contributed by atoms with Gasteiger partial charge in [0.05, 0.1) is 18.8 Å². The van der Waals surface area contributed by atoms with Gasteiger partial charge in [0.25, 0.3) is 0 Å². The number of nitrogens with zero attached hydrogens (tertiary/aromatic N) is 2. The lowest BCUT2D eigenvalue weighted by Crippen LogP contribution is -2.21. The van der Waals surface area contributed by atoms with Gasteiger partial charge in [0.1, 0.15) is 0 Å². The van der Waals surface area contributed by atoms with E-state index in [2.05, 4.69) is 5.10 Å². The quantitative estimate of drug-likeness (QED) is 0.673. The predicted octanol–water partition coefficient (Wildman–Crippen LogP) is 0.884. The van der Waals surface area contributed by atoms with Crippen molar-refractivity contribution >= 4 is 5.97 Å². The summed E-state index contributed by atoms with van der Waals surface area (Å²) in [6.45, 7) is 3.93. The van der Waals surface area contributed by atoms with Crippen molar-refractivity contribution in [2.24, 2.45) is 5.92 Å². The lowest BCUT2D eigenvalue weighted by molar-refractivity contribution is -0.146. The monoisotopic (exact) mass is 168 g/mol. The maximum absolute atomic E-state index is 11.0. The van der Waals surface area contributed by atoms with E-state index in [1.807, 2.05) is 13.8 Å². The first kappa shape index (κ1) is 8.77. The fourth-order valence-electron chi connectivity index (χ4n) is 0.784. The van der Waals surface area contributed by atoms with Gasteiger partial charge in [-0.15, -0.1) is 5.10 Å². The smallest absolute Gasteiger partial charge is 0.319 e. The minimum Gasteiger partial charge on any atom is -0.319 e. The third kappa shape index (κ3) is 2.74. The zero-order chi connectivity index (χ0) is 8.97. The van der Waals surface area contributed by atoms with Gasteiger partial charge in [0.15, 0.2) is 0 Å². The second-order valence-corrected chi connectivity index (χ2v) is 2.97. The van der Waals surface area contributed by atoms with Crippen LogP contribution in [0.3, 0.4) is 0 Å². The summed E-state index contributed by atoms with van der Waals surface area (Å²) in [7, 11) is 0. The molecule has 0 aromatic carbocycles. The molecule has 0 atom stereocenters. The van der Waals surface area contributed by atoms with Crippen LogP contribution in [-0.2, 0) is 4.79 Å². The van der Waals surface area contributed by atoms with E-state index >= 15 is 0 Å². The Kier molecular flexibility index (Phi) is 2.85. The zero-order valence-corrected chi connectivity index (χ0v) is 7.23. The van der Waals surface area contributed by atoms with Gasteiger partial charge in [-0.2, -0.15) is 0 Å². The van der Waals surface area contributed by atoms with Crippen molar-refractivity contribution < 1.29 is 9.63 Å². The molecule has 0 spiro atoms. The lowest BCUT2D eigenvalue weighted by Gasteiger charge is -2.03. The van der Waals surface area contributed by atoms with E-state index in [1.54, 1.807) is 18.5 Å². The average Bonchev–Trinajstić information content (AvgIpc) is 2.37. The molecule has 0 fully saturated rings. The van der Waals surface area contributed by atoms with E-state index in [0.29, 0.717) is 12.3 Å². The van der Waals surface area contributed by atoms with Crippen LogP contribution < -0.4 is 4.84 Å². The molecule has 4 nitrogen and oxygen atoms in total. The van der Waals surface area contributed by atoms with Crippen LogP contribution in [0.1, 0.15) is 20.3 Å². The number of carbonyl (C=O) groups excluding carboxylic acids is 1. The molecule has 0 unspecified atom stereocenters. The summed E-state index contributed by atoms with van der Waals surface area (Å²) in [5.74, 6) is 0.0572. The number of carbonyl (C=O) groups is 1. The minimum atomic E-state index is -0.256. The molecule has 0 bridgehead atoms. The summed E-state index contributed by atoms with van der Waals surface area (Å²) < 4.78 is 0. The summed E-state index contributed by atoms with van der Waals surface area (Å²) >= 11 is 0. The Balaban J connectivity index is 2.37. The van der Waals surface area contributed by atoms with Crippen LogP contribution in [-0.4, -0.2) is 15.9 Å². The molecule has 0 aliphatic carbocycles. The third-order valence-electron chi connectivity index (χ3n) is 1.25. The standard InChI is InChI=1S/C8H12N2O2/c1-7(2)6-8(11)12-10-5-3-4-9-10/h3-5,7H,6H2,1-2H3. The minimum absolute atomic E-state index is 0.256. The topological polar surface area (TPSA) is 44.1 Å². The number of aromatic nitrogens is 2. The van der Waals surface area contributed by atoms with Gasteiger partial charge in [-0.25, -0.2) is 4.79 Å². The fourth-order valence-corrected chi connectivity index (χ4v) is 0.784. The summed E-state index contributed by atoms with van der Waals surface area (Å²) in [5.41, 5.74) is 0. The van der Waals surface area contributed by atoms with Crippen LogP contribution in [0, 0.1) is 5.92 Å². The van der Waals surface area contributed by atoms with E-state index < -0.39 is 0 Å². The van der Waals surface area contributed by atoms with Crippen molar-refractivity contribution in [2.75, 3.05) is 0 Å². The van der Waals surface area contributed by atoms with Gasteiger partial charge in [-0.1, -0.05) is 18.7 Å². The maximum Gasteiger partial charge on any atom is 0.335 e. The number of hydrogen-bond acceptors (Lipinski definition) is 3. The van der Waals surface area contributed by atoms with Crippen LogP contribution in [0.4, 0.5) is 0 Å². The Labute approximate surface area is 71.1 Å². The zero-order valence-electron chi connectivity index (χ0n) is 7.23. The Morgan fingerprint density at radius 2 is 2.42 bits per heavy atom. The first-order valence-electron chi connectivity index (χ1n) is 3.89. The second-order valence-electron chi connectivity index (χ2n) is 2.97. The maximum atomic E-state index is 11.0. The Morgan fingerprint density at radius 1 is 1.67 bits per heavy atom. The van der Waals surface area contributed by atoms with Gasteiger partial charge in [0, 0.05) is 0 Å². The van der Waals surface area contributed by atoms with Crippen molar-refractivity contribution in [3.63, 3.8) is 0 Å². The van der Waals surface area contributed by atoms with Gasteiger partial charge in [-0.05, 0) is 12.0 Å². The summed E-state index contributed by atoms with van der Waals surface area (Å²) in [5, 5.41) is 3.74. The van der Waals surface area contributed by atoms with E-state index in [-0.39, 0.29) is 5.97 Å². The second kappa shape index (κ2) is 3.90. The molecule has 0 saturated heterocycles. The largest absolute Gasteiger partial charge is 0.335 e. The van der Waals surface area contributed by atoms with E-state index in [0.717, 1.165) is 4.85 Å². The molecule has 0 saturated carbocycles. The summed E-state index contributed by atoms with van der Waals surface area (Å²) in [6, 6.07) is 1.70. The molecule has 1 aromatic rings. The molecule has 1 heterocycles. The molecule has 4 heteroatoms. The Bertz CT molecular complexity index is 242. The van der Waals surface area contributed by atoms with Crippen molar-refractivity contribution in [1.82, 2.24) is 9.94 Å². The number of rotatable bonds is 3. The van der Waals surface area contributed by atoms with E-state index in [1.165, 1.54) is 0 Å². The normalized spacial score (nSPS) is 10.2. The van der Waals surface area contributed by atoms with Gasteiger partial charge in [0.2, 0.25) is 0 Å². The molecule has 1 rings (SSSR count). The van der Waals surface area contributed by atoms with Crippen molar-refractivity contribution in [3.05, 3.63) is 18.5 Å². The van der Waals surface area contributed by atoms with E-state index in [4.69, 9.17) is 4.84 Å². The van der Waals surface area contributed by atoms with Crippen molar-refractivity contribution in [3.8, 4) is 0 Å².